The van der Waals surface area contributed by atoms with Crippen molar-refractivity contribution < 1.29 is 9.18 Å². The van der Waals surface area contributed by atoms with E-state index in [1.807, 2.05) is 6.20 Å². The van der Waals surface area contributed by atoms with Crippen molar-refractivity contribution in [1.82, 2.24) is 9.80 Å². The first-order valence-corrected chi connectivity index (χ1v) is 8.04. The first-order valence-electron chi connectivity index (χ1n) is 7.16. The largest absolute Gasteiger partial charge is 0.319 e. The van der Waals surface area contributed by atoms with E-state index in [0.29, 0.717) is 0 Å². The standard InChI is InChI=1S/C16H15FN2OS/c17-12-7-5-11(6-8-12)14-9-18-13-3-1-2-4-15(13)21-16(18)19(14)10-20/h5-10,16H,1-4H2. The smallest absolute Gasteiger partial charge is 0.216 e. The average molecular weight is 302 g/mol. The van der Waals surface area contributed by atoms with Crippen LogP contribution in [0.4, 0.5) is 4.39 Å². The summed E-state index contributed by atoms with van der Waals surface area (Å²) in [6.45, 7) is 0. The van der Waals surface area contributed by atoms with Gasteiger partial charge in [-0.1, -0.05) is 11.8 Å². The Balaban J connectivity index is 1.73. The fourth-order valence-corrected chi connectivity index (χ4v) is 4.62. The second-order valence-electron chi connectivity index (χ2n) is 5.46. The molecule has 2 aliphatic heterocycles. The van der Waals surface area contributed by atoms with Crippen LogP contribution in [0.2, 0.25) is 0 Å². The quantitative estimate of drug-likeness (QED) is 0.778. The number of rotatable bonds is 2. The normalized spacial score (nSPS) is 24.0. The van der Waals surface area contributed by atoms with E-state index >= 15 is 0 Å². The van der Waals surface area contributed by atoms with Gasteiger partial charge >= 0.3 is 0 Å². The van der Waals surface area contributed by atoms with Crippen LogP contribution in [0.25, 0.3) is 5.70 Å². The molecule has 3 nitrogen and oxygen atoms in total. The van der Waals surface area contributed by atoms with Crippen molar-refractivity contribution in [2.45, 2.75) is 31.2 Å². The number of carbonyl (C=O) groups is 1. The monoisotopic (exact) mass is 302 g/mol. The molecule has 0 fully saturated rings. The molecule has 0 aromatic heterocycles. The van der Waals surface area contributed by atoms with Gasteiger partial charge in [0.1, 0.15) is 5.82 Å². The van der Waals surface area contributed by atoms with Gasteiger partial charge in [0.15, 0.2) is 5.50 Å². The van der Waals surface area contributed by atoms with Gasteiger partial charge in [0.05, 0.1) is 5.70 Å². The summed E-state index contributed by atoms with van der Waals surface area (Å²) in [5.41, 5.74) is 3.09. The molecule has 3 aliphatic rings. The van der Waals surface area contributed by atoms with Crippen molar-refractivity contribution in [1.29, 1.82) is 0 Å². The summed E-state index contributed by atoms with van der Waals surface area (Å²) in [5, 5.41) is 0. The predicted octanol–water partition coefficient (Wildman–Crippen LogP) is 3.71. The molecule has 21 heavy (non-hydrogen) atoms. The molecule has 4 rings (SSSR count). The van der Waals surface area contributed by atoms with Gasteiger partial charge in [0.25, 0.3) is 0 Å². The molecular weight excluding hydrogens is 287 g/mol. The Morgan fingerprint density at radius 2 is 1.95 bits per heavy atom. The Bertz CT molecular complexity index is 653. The number of fused-ring (bicyclic) bond motifs is 2. The summed E-state index contributed by atoms with van der Waals surface area (Å²) >= 11 is 1.77. The molecule has 1 unspecified atom stereocenters. The topological polar surface area (TPSA) is 23.6 Å². The lowest BCUT2D eigenvalue weighted by Crippen LogP contribution is -2.32. The Labute approximate surface area is 127 Å². The summed E-state index contributed by atoms with van der Waals surface area (Å²) in [4.78, 5) is 16.9. The maximum Gasteiger partial charge on any atom is 0.216 e. The Kier molecular flexibility index (Phi) is 3.03. The van der Waals surface area contributed by atoms with E-state index in [0.717, 1.165) is 30.5 Å². The lowest BCUT2D eigenvalue weighted by molar-refractivity contribution is -0.116. The van der Waals surface area contributed by atoms with Gasteiger partial charge in [-0.3, -0.25) is 9.69 Å². The first-order chi connectivity index (χ1) is 10.3. The zero-order valence-electron chi connectivity index (χ0n) is 11.5. The van der Waals surface area contributed by atoms with Crippen LogP contribution in [0.5, 0.6) is 0 Å². The maximum atomic E-state index is 13.1. The molecule has 1 amide bonds. The third kappa shape index (κ3) is 1.99. The molecule has 5 heteroatoms. The predicted molar refractivity (Wildman–Crippen MR) is 81.0 cm³/mol. The van der Waals surface area contributed by atoms with Gasteiger partial charge in [-0.05, 0) is 49.9 Å². The van der Waals surface area contributed by atoms with Crippen LogP contribution in [-0.4, -0.2) is 21.7 Å². The van der Waals surface area contributed by atoms with Crippen molar-refractivity contribution in [3.63, 3.8) is 0 Å². The number of nitrogens with zero attached hydrogens (tertiary/aromatic N) is 2. The minimum Gasteiger partial charge on any atom is -0.319 e. The number of halogens is 1. The van der Waals surface area contributed by atoms with Crippen LogP contribution < -0.4 is 0 Å². The number of allylic oxidation sites excluding steroid dienone is 2. The fraction of sp³-hybridized carbons (Fsp3) is 0.312. The van der Waals surface area contributed by atoms with E-state index in [9.17, 15) is 9.18 Å². The minimum absolute atomic E-state index is 0.00523. The second-order valence-corrected chi connectivity index (χ2v) is 6.61. The van der Waals surface area contributed by atoms with E-state index in [1.165, 1.54) is 35.6 Å². The Hall–Kier alpha value is -1.75. The van der Waals surface area contributed by atoms with Gasteiger partial charge in [-0.15, -0.1) is 0 Å². The number of hydrogen-bond donors (Lipinski definition) is 0. The van der Waals surface area contributed by atoms with Crippen LogP contribution in [0.15, 0.2) is 41.1 Å². The maximum absolute atomic E-state index is 13.1. The van der Waals surface area contributed by atoms with E-state index in [-0.39, 0.29) is 11.3 Å². The molecule has 0 N–H and O–H groups in total. The molecule has 0 radical (unpaired) electrons. The molecule has 1 aromatic carbocycles. The van der Waals surface area contributed by atoms with Crippen molar-refractivity contribution in [3.05, 3.63) is 52.4 Å². The van der Waals surface area contributed by atoms with Gasteiger partial charge in [0, 0.05) is 22.4 Å². The van der Waals surface area contributed by atoms with Gasteiger partial charge in [-0.2, -0.15) is 0 Å². The number of thioether (sulfide) groups is 1. The summed E-state index contributed by atoms with van der Waals surface area (Å²) in [5.74, 6) is -0.262. The molecule has 1 aliphatic carbocycles. The minimum atomic E-state index is -0.262. The zero-order chi connectivity index (χ0) is 14.4. The first kappa shape index (κ1) is 13.0. The van der Waals surface area contributed by atoms with Crippen LogP contribution in [0.1, 0.15) is 31.2 Å². The van der Waals surface area contributed by atoms with Crippen molar-refractivity contribution in [2.24, 2.45) is 0 Å². The van der Waals surface area contributed by atoms with E-state index in [4.69, 9.17) is 0 Å². The highest BCUT2D eigenvalue weighted by Crippen LogP contribution is 2.50. The molecule has 0 spiro atoms. The number of benzene rings is 1. The number of amides is 1. The highest BCUT2D eigenvalue weighted by molar-refractivity contribution is 8.03. The molecule has 2 heterocycles. The summed E-state index contributed by atoms with van der Waals surface area (Å²) in [6, 6.07) is 6.31. The van der Waals surface area contributed by atoms with Crippen molar-refractivity contribution in [2.75, 3.05) is 0 Å². The lowest BCUT2D eigenvalue weighted by Gasteiger charge is -2.24. The van der Waals surface area contributed by atoms with Gasteiger partial charge < -0.3 is 4.90 Å². The molecule has 1 atom stereocenters. The number of hydrogen-bond acceptors (Lipinski definition) is 3. The Morgan fingerprint density at radius 1 is 1.19 bits per heavy atom. The van der Waals surface area contributed by atoms with Crippen molar-refractivity contribution >= 4 is 23.9 Å². The van der Waals surface area contributed by atoms with Gasteiger partial charge in [-0.25, -0.2) is 4.39 Å². The third-order valence-corrected chi connectivity index (χ3v) is 5.61. The zero-order valence-corrected chi connectivity index (χ0v) is 12.3. The van der Waals surface area contributed by atoms with E-state index in [2.05, 4.69) is 4.90 Å². The summed E-state index contributed by atoms with van der Waals surface area (Å²) in [6.07, 6.45) is 7.57. The molecule has 0 saturated carbocycles. The molecule has 0 saturated heterocycles. The second kappa shape index (κ2) is 4.91. The molecule has 108 valence electrons. The van der Waals surface area contributed by atoms with Crippen molar-refractivity contribution in [3.8, 4) is 0 Å². The lowest BCUT2D eigenvalue weighted by atomic mass is 10.0. The molecular formula is C16H15FN2OS. The average Bonchev–Trinajstić information content (AvgIpc) is 3.03. The third-order valence-electron chi connectivity index (χ3n) is 4.22. The SMILES string of the molecule is O=CN1C(c2ccc(F)cc2)=CN2C3=C(CCCC3)SC12. The fourth-order valence-electron chi connectivity index (χ4n) is 3.18. The van der Waals surface area contributed by atoms with Crippen LogP contribution in [-0.2, 0) is 4.79 Å². The van der Waals surface area contributed by atoms with E-state index in [1.54, 1.807) is 28.8 Å². The summed E-state index contributed by atoms with van der Waals surface area (Å²) in [7, 11) is 0. The van der Waals surface area contributed by atoms with Crippen LogP contribution in [0.3, 0.4) is 0 Å². The number of carbonyl (C=O) groups excluding carboxylic acids is 1. The van der Waals surface area contributed by atoms with Crippen LogP contribution in [0, 0.1) is 5.82 Å². The molecule has 0 bridgehead atoms. The Morgan fingerprint density at radius 3 is 2.71 bits per heavy atom. The highest BCUT2D eigenvalue weighted by Gasteiger charge is 2.41. The highest BCUT2D eigenvalue weighted by atomic mass is 32.2. The molecule has 1 aromatic rings. The summed E-state index contributed by atoms with van der Waals surface area (Å²) < 4.78 is 13.1. The van der Waals surface area contributed by atoms with Crippen LogP contribution >= 0.6 is 11.8 Å². The van der Waals surface area contributed by atoms with E-state index < -0.39 is 0 Å². The van der Waals surface area contributed by atoms with Gasteiger partial charge in [0.2, 0.25) is 6.41 Å².